The molecule has 0 aromatic heterocycles. The van der Waals surface area contributed by atoms with Crippen LogP contribution in [0.1, 0.15) is 5.56 Å². The number of hydrazone groups is 1. The first-order valence-corrected chi connectivity index (χ1v) is 6.27. The van der Waals surface area contributed by atoms with E-state index in [0.29, 0.717) is 17.3 Å². The third kappa shape index (κ3) is 3.07. The van der Waals surface area contributed by atoms with Gasteiger partial charge >= 0.3 is 12.0 Å². The fourth-order valence-electron chi connectivity index (χ4n) is 1.30. The zero-order valence-electron chi connectivity index (χ0n) is 9.85. The van der Waals surface area contributed by atoms with E-state index in [1.54, 1.807) is 24.3 Å². The van der Waals surface area contributed by atoms with Crippen LogP contribution in [-0.4, -0.2) is 32.6 Å². The van der Waals surface area contributed by atoms with Gasteiger partial charge in [-0.2, -0.15) is 18.3 Å². The molecule has 1 unspecified atom stereocenters. The van der Waals surface area contributed by atoms with Gasteiger partial charge in [0.1, 0.15) is 0 Å². The molecular formula is C12H9F3N2O2S. The SMILES string of the molecule is OC(O)(C1=NNC(C#Cc2ccccc2)S1)C(F)(F)F. The van der Waals surface area contributed by atoms with Crippen molar-refractivity contribution < 1.29 is 23.4 Å². The molecule has 1 aromatic carbocycles. The van der Waals surface area contributed by atoms with Gasteiger partial charge in [-0.3, -0.25) is 5.43 Å². The van der Waals surface area contributed by atoms with Crippen molar-refractivity contribution in [1.29, 1.82) is 0 Å². The largest absolute Gasteiger partial charge is 0.450 e. The molecule has 1 aromatic rings. The highest BCUT2D eigenvalue weighted by molar-refractivity contribution is 8.15. The van der Waals surface area contributed by atoms with Gasteiger partial charge in [0.2, 0.25) is 0 Å². The Morgan fingerprint density at radius 1 is 1.20 bits per heavy atom. The number of nitrogens with one attached hydrogen (secondary N) is 1. The first-order valence-electron chi connectivity index (χ1n) is 5.39. The normalized spacial score (nSPS) is 18.9. The standard InChI is InChI=1S/C12H9F3N2O2S/c13-12(14,15)11(18,19)10-17-16-9(20-10)7-6-8-4-2-1-3-5-8/h1-5,9,16,18-19H. The Bertz CT molecular complexity index is 576. The number of alkyl halides is 3. The van der Waals surface area contributed by atoms with Gasteiger partial charge in [-0.05, 0) is 12.1 Å². The van der Waals surface area contributed by atoms with Gasteiger partial charge in [0.05, 0.1) is 0 Å². The summed E-state index contributed by atoms with van der Waals surface area (Å²) in [7, 11) is 0. The van der Waals surface area contributed by atoms with Crippen molar-refractivity contribution in [2.24, 2.45) is 5.10 Å². The van der Waals surface area contributed by atoms with Crippen molar-refractivity contribution >= 4 is 16.8 Å². The van der Waals surface area contributed by atoms with Crippen LogP contribution in [0.4, 0.5) is 13.2 Å². The molecule has 4 nitrogen and oxygen atoms in total. The zero-order chi connectivity index (χ0) is 14.8. The van der Waals surface area contributed by atoms with E-state index in [0.717, 1.165) is 0 Å². The van der Waals surface area contributed by atoms with Crippen LogP contribution in [-0.2, 0) is 0 Å². The van der Waals surface area contributed by atoms with E-state index in [-0.39, 0.29) is 0 Å². The van der Waals surface area contributed by atoms with E-state index in [1.807, 2.05) is 6.07 Å². The van der Waals surface area contributed by atoms with Crippen molar-refractivity contribution in [1.82, 2.24) is 5.43 Å². The van der Waals surface area contributed by atoms with E-state index >= 15 is 0 Å². The third-order valence-corrected chi connectivity index (χ3v) is 3.39. The molecule has 0 bridgehead atoms. The fraction of sp³-hybridized carbons (Fsp3) is 0.250. The summed E-state index contributed by atoms with van der Waals surface area (Å²) in [5, 5.41) is 19.7. The number of aliphatic hydroxyl groups is 2. The second kappa shape index (κ2) is 5.36. The average molecular weight is 302 g/mol. The Labute approximate surface area is 116 Å². The molecule has 3 N–H and O–H groups in total. The molecule has 0 fully saturated rings. The molecule has 20 heavy (non-hydrogen) atoms. The number of hydrogen-bond acceptors (Lipinski definition) is 5. The maximum Gasteiger partial charge on any atom is 0.450 e. The lowest BCUT2D eigenvalue weighted by atomic mass is 10.2. The van der Waals surface area contributed by atoms with Crippen LogP contribution in [0.2, 0.25) is 0 Å². The quantitative estimate of drug-likeness (QED) is 0.540. The Morgan fingerprint density at radius 2 is 1.85 bits per heavy atom. The number of halogens is 3. The number of rotatable bonds is 1. The highest BCUT2D eigenvalue weighted by Crippen LogP contribution is 2.35. The average Bonchev–Trinajstić information content (AvgIpc) is 2.85. The summed E-state index contributed by atoms with van der Waals surface area (Å²) in [6.45, 7) is 0. The minimum atomic E-state index is -5.22. The summed E-state index contributed by atoms with van der Waals surface area (Å²) < 4.78 is 37.2. The smallest absolute Gasteiger partial charge is 0.353 e. The molecule has 0 saturated carbocycles. The van der Waals surface area contributed by atoms with Crippen LogP contribution in [0.3, 0.4) is 0 Å². The van der Waals surface area contributed by atoms with Crippen LogP contribution >= 0.6 is 11.8 Å². The molecule has 8 heteroatoms. The molecule has 106 valence electrons. The molecule has 0 radical (unpaired) electrons. The van der Waals surface area contributed by atoms with Crippen LogP contribution in [0, 0.1) is 11.8 Å². The van der Waals surface area contributed by atoms with Crippen molar-refractivity contribution in [2.45, 2.75) is 17.3 Å². The summed E-state index contributed by atoms with van der Waals surface area (Å²) in [5.41, 5.74) is 3.01. The van der Waals surface area contributed by atoms with Crippen molar-refractivity contribution in [2.75, 3.05) is 0 Å². The molecule has 0 spiro atoms. The molecule has 1 heterocycles. The van der Waals surface area contributed by atoms with E-state index in [4.69, 9.17) is 10.2 Å². The topological polar surface area (TPSA) is 64.8 Å². The molecule has 1 atom stereocenters. The molecule has 0 amide bonds. The molecule has 2 rings (SSSR count). The lowest BCUT2D eigenvalue weighted by Crippen LogP contribution is -2.50. The third-order valence-electron chi connectivity index (χ3n) is 2.33. The van der Waals surface area contributed by atoms with E-state index in [1.165, 1.54) is 0 Å². The number of benzene rings is 1. The summed E-state index contributed by atoms with van der Waals surface area (Å²) in [6, 6.07) is 8.84. The van der Waals surface area contributed by atoms with Crippen LogP contribution in [0.25, 0.3) is 0 Å². The van der Waals surface area contributed by atoms with Gasteiger partial charge in [-0.1, -0.05) is 41.8 Å². The maximum absolute atomic E-state index is 12.4. The lowest BCUT2D eigenvalue weighted by molar-refractivity contribution is -0.310. The molecule has 1 aliphatic heterocycles. The molecule has 0 saturated heterocycles. The second-order valence-corrected chi connectivity index (χ2v) is 4.94. The van der Waals surface area contributed by atoms with Crippen molar-refractivity contribution in [3.8, 4) is 11.8 Å². The van der Waals surface area contributed by atoms with Gasteiger partial charge < -0.3 is 10.2 Å². The summed E-state index contributed by atoms with van der Waals surface area (Å²) >= 11 is 0.509. The number of hydrogen-bond donors (Lipinski definition) is 3. The van der Waals surface area contributed by atoms with Gasteiger partial charge in [0.25, 0.3) is 0 Å². The van der Waals surface area contributed by atoms with Gasteiger partial charge in [-0.25, -0.2) is 0 Å². The Kier molecular flexibility index (Phi) is 3.94. The highest BCUT2D eigenvalue weighted by Gasteiger charge is 2.58. The van der Waals surface area contributed by atoms with Gasteiger partial charge in [0.15, 0.2) is 10.4 Å². The van der Waals surface area contributed by atoms with Gasteiger partial charge in [0, 0.05) is 5.56 Å². The zero-order valence-corrected chi connectivity index (χ0v) is 10.7. The highest BCUT2D eigenvalue weighted by atomic mass is 32.2. The maximum atomic E-state index is 12.4. The number of thioether (sulfide) groups is 1. The monoisotopic (exact) mass is 302 g/mol. The predicted octanol–water partition coefficient (Wildman–Crippen LogP) is 1.26. The Morgan fingerprint density at radius 3 is 2.45 bits per heavy atom. The lowest BCUT2D eigenvalue weighted by Gasteiger charge is -2.22. The second-order valence-electron chi connectivity index (χ2n) is 3.85. The Balaban J connectivity index is 2.05. The van der Waals surface area contributed by atoms with Gasteiger partial charge in [-0.15, -0.1) is 0 Å². The summed E-state index contributed by atoms with van der Waals surface area (Å²) in [4.78, 5) is 0. The predicted molar refractivity (Wildman–Crippen MR) is 68.5 cm³/mol. The van der Waals surface area contributed by atoms with E-state index in [9.17, 15) is 13.2 Å². The van der Waals surface area contributed by atoms with E-state index in [2.05, 4.69) is 22.4 Å². The van der Waals surface area contributed by atoms with Crippen LogP contribution in [0.5, 0.6) is 0 Å². The van der Waals surface area contributed by atoms with Crippen molar-refractivity contribution in [3.63, 3.8) is 0 Å². The summed E-state index contributed by atoms with van der Waals surface area (Å²) in [6.07, 6.45) is -5.22. The minimum Gasteiger partial charge on any atom is -0.353 e. The summed E-state index contributed by atoms with van der Waals surface area (Å²) in [5.74, 6) is 1.43. The molecule has 0 aliphatic carbocycles. The first-order chi connectivity index (χ1) is 9.30. The Hall–Kier alpha value is -1.69. The molecule has 1 aliphatic rings. The molecular weight excluding hydrogens is 293 g/mol. The first kappa shape index (κ1) is 14.7. The van der Waals surface area contributed by atoms with Crippen LogP contribution < -0.4 is 5.43 Å². The minimum absolute atomic E-state index is 0.509. The van der Waals surface area contributed by atoms with Crippen LogP contribution in [0.15, 0.2) is 35.4 Å². The van der Waals surface area contributed by atoms with Crippen molar-refractivity contribution in [3.05, 3.63) is 35.9 Å². The van der Waals surface area contributed by atoms with E-state index < -0.39 is 22.4 Å². The fourth-order valence-corrected chi connectivity index (χ4v) is 2.13. The number of nitrogens with zero attached hydrogens (tertiary/aromatic N) is 1.